The highest BCUT2D eigenvalue weighted by atomic mass is 16.5. The van der Waals surface area contributed by atoms with Crippen molar-refractivity contribution in [2.45, 2.75) is 25.3 Å². The molecule has 0 saturated heterocycles. The van der Waals surface area contributed by atoms with E-state index in [1.54, 1.807) is 0 Å². The summed E-state index contributed by atoms with van der Waals surface area (Å²) in [6, 6.07) is 24.2. The molecule has 0 unspecified atom stereocenters. The molecule has 0 aliphatic heterocycles. The minimum atomic E-state index is -0.467. The number of carbonyl (C=O) groups is 1. The van der Waals surface area contributed by atoms with Gasteiger partial charge in [-0.05, 0) is 41.2 Å². The Hall–Kier alpha value is -3.11. The second kappa shape index (κ2) is 8.50. The normalized spacial score (nSPS) is 13.4. The van der Waals surface area contributed by atoms with Crippen molar-refractivity contribution in [2.24, 2.45) is 0 Å². The summed E-state index contributed by atoms with van der Waals surface area (Å²) in [5.74, 6) is 0.0313. The average molecular weight is 387 g/mol. The minimum Gasteiger partial charge on any atom is -0.449 e. The third-order valence-electron chi connectivity index (χ3n) is 5.53. The first kappa shape index (κ1) is 19.2. The van der Waals surface area contributed by atoms with Crippen LogP contribution in [-0.4, -0.2) is 24.4 Å². The molecular formula is C25H25NO3. The van der Waals surface area contributed by atoms with Crippen molar-refractivity contribution in [3.8, 4) is 11.1 Å². The number of rotatable bonds is 6. The lowest BCUT2D eigenvalue weighted by Crippen LogP contribution is -2.31. The van der Waals surface area contributed by atoms with Gasteiger partial charge in [-0.2, -0.15) is 0 Å². The summed E-state index contributed by atoms with van der Waals surface area (Å²) >= 11 is 0. The van der Waals surface area contributed by atoms with Gasteiger partial charge >= 0.3 is 6.09 Å². The molecule has 0 aromatic heterocycles. The van der Waals surface area contributed by atoms with E-state index in [2.05, 4.69) is 29.6 Å². The van der Waals surface area contributed by atoms with Crippen LogP contribution in [0.15, 0.2) is 72.8 Å². The SMILES string of the molecule is Cc1ccc([C@@H](CCO)NC(=O)OCC2c3ccccc3-c3ccccc32)cc1. The molecule has 0 radical (unpaired) electrons. The van der Waals surface area contributed by atoms with Crippen LogP contribution in [-0.2, 0) is 4.74 Å². The Bertz CT molecular complexity index is 951. The monoisotopic (exact) mass is 387 g/mol. The van der Waals surface area contributed by atoms with E-state index in [4.69, 9.17) is 4.74 Å². The van der Waals surface area contributed by atoms with Gasteiger partial charge in [0.15, 0.2) is 0 Å². The number of amides is 1. The Kier molecular flexibility index (Phi) is 5.63. The summed E-state index contributed by atoms with van der Waals surface area (Å²) in [7, 11) is 0. The molecule has 3 aromatic rings. The highest BCUT2D eigenvalue weighted by molar-refractivity contribution is 5.79. The standard InChI is InChI=1S/C25H25NO3/c1-17-10-12-18(13-11-17)24(14-15-27)26-25(28)29-16-23-21-8-4-2-6-19(21)20-7-3-5-9-22(20)23/h2-13,23-24,27H,14-16H2,1H3,(H,26,28)/t24-/m1/s1. The van der Waals surface area contributed by atoms with Gasteiger partial charge in [-0.3, -0.25) is 0 Å². The van der Waals surface area contributed by atoms with Gasteiger partial charge in [-0.1, -0.05) is 78.4 Å². The predicted molar refractivity (Wildman–Crippen MR) is 114 cm³/mol. The highest BCUT2D eigenvalue weighted by Crippen LogP contribution is 2.44. The largest absolute Gasteiger partial charge is 0.449 e. The molecule has 0 saturated carbocycles. The van der Waals surface area contributed by atoms with Crippen LogP contribution in [0.4, 0.5) is 4.79 Å². The van der Waals surface area contributed by atoms with Crippen LogP contribution >= 0.6 is 0 Å². The maximum Gasteiger partial charge on any atom is 0.407 e. The molecular weight excluding hydrogens is 362 g/mol. The van der Waals surface area contributed by atoms with Crippen molar-refractivity contribution < 1.29 is 14.6 Å². The van der Waals surface area contributed by atoms with E-state index >= 15 is 0 Å². The predicted octanol–water partition coefficient (Wildman–Crippen LogP) is 4.96. The van der Waals surface area contributed by atoms with Crippen LogP contribution in [0.3, 0.4) is 0 Å². The van der Waals surface area contributed by atoms with Gasteiger partial charge in [-0.25, -0.2) is 4.79 Å². The first-order chi connectivity index (χ1) is 14.2. The zero-order valence-electron chi connectivity index (χ0n) is 16.5. The van der Waals surface area contributed by atoms with Crippen molar-refractivity contribution in [1.29, 1.82) is 0 Å². The summed E-state index contributed by atoms with van der Waals surface area (Å²) in [6.07, 6.45) is -0.0290. The zero-order valence-corrected chi connectivity index (χ0v) is 16.5. The molecule has 1 aliphatic rings. The summed E-state index contributed by atoms with van der Waals surface area (Å²) in [5, 5.41) is 12.3. The Labute approximate surface area is 171 Å². The number of aliphatic hydroxyl groups is 1. The van der Waals surface area contributed by atoms with Crippen LogP contribution in [0, 0.1) is 6.92 Å². The number of aryl methyl sites for hydroxylation is 1. The van der Waals surface area contributed by atoms with E-state index in [0.717, 1.165) is 11.1 Å². The van der Waals surface area contributed by atoms with Crippen LogP contribution in [0.25, 0.3) is 11.1 Å². The minimum absolute atomic E-state index is 0.0117. The van der Waals surface area contributed by atoms with Gasteiger partial charge in [0.1, 0.15) is 6.61 Å². The summed E-state index contributed by atoms with van der Waals surface area (Å²) in [4.78, 5) is 12.5. The van der Waals surface area contributed by atoms with E-state index in [1.807, 2.05) is 55.5 Å². The van der Waals surface area contributed by atoms with Gasteiger partial charge in [0.2, 0.25) is 0 Å². The molecule has 3 aromatic carbocycles. The van der Waals surface area contributed by atoms with Crippen LogP contribution in [0.5, 0.6) is 0 Å². The molecule has 29 heavy (non-hydrogen) atoms. The molecule has 0 bridgehead atoms. The first-order valence-corrected chi connectivity index (χ1v) is 9.96. The van der Waals surface area contributed by atoms with E-state index in [-0.39, 0.29) is 25.2 Å². The molecule has 4 heteroatoms. The van der Waals surface area contributed by atoms with Gasteiger partial charge in [0.25, 0.3) is 0 Å². The van der Waals surface area contributed by atoms with Crippen molar-refractivity contribution >= 4 is 6.09 Å². The van der Waals surface area contributed by atoms with E-state index < -0.39 is 6.09 Å². The average Bonchev–Trinajstić information content (AvgIpc) is 3.06. The highest BCUT2D eigenvalue weighted by Gasteiger charge is 2.29. The van der Waals surface area contributed by atoms with E-state index in [1.165, 1.54) is 22.3 Å². The number of benzene rings is 3. The van der Waals surface area contributed by atoms with Crippen molar-refractivity contribution in [1.82, 2.24) is 5.32 Å². The molecule has 2 N–H and O–H groups in total. The summed E-state index contributed by atoms with van der Waals surface area (Å²) < 4.78 is 5.63. The summed E-state index contributed by atoms with van der Waals surface area (Å²) in [6.45, 7) is 2.28. The number of aliphatic hydroxyl groups excluding tert-OH is 1. The maximum absolute atomic E-state index is 12.5. The van der Waals surface area contributed by atoms with Gasteiger partial charge < -0.3 is 15.2 Å². The number of fused-ring (bicyclic) bond motifs is 3. The number of nitrogens with one attached hydrogen (secondary N) is 1. The molecule has 1 amide bonds. The maximum atomic E-state index is 12.5. The zero-order chi connectivity index (χ0) is 20.2. The van der Waals surface area contributed by atoms with Gasteiger partial charge in [-0.15, -0.1) is 0 Å². The van der Waals surface area contributed by atoms with E-state index in [0.29, 0.717) is 6.42 Å². The van der Waals surface area contributed by atoms with Crippen molar-refractivity contribution in [3.05, 3.63) is 95.1 Å². The fraction of sp³-hybridized carbons (Fsp3) is 0.240. The smallest absolute Gasteiger partial charge is 0.407 e. The first-order valence-electron chi connectivity index (χ1n) is 9.96. The molecule has 4 nitrogen and oxygen atoms in total. The van der Waals surface area contributed by atoms with Crippen LogP contribution in [0.2, 0.25) is 0 Å². The lowest BCUT2D eigenvalue weighted by atomic mass is 9.98. The fourth-order valence-electron chi connectivity index (χ4n) is 4.03. The lowest BCUT2D eigenvalue weighted by Gasteiger charge is -2.20. The molecule has 1 atom stereocenters. The number of hydrogen-bond donors (Lipinski definition) is 2. The van der Waals surface area contributed by atoms with Crippen molar-refractivity contribution in [3.63, 3.8) is 0 Å². The van der Waals surface area contributed by atoms with Crippen molar-refractivity contribution in [2.75, 3.05) is 13.2 Å². The molecule has 4 rings (SSSR count). The fourth-order valence-corrected chi connectivity index (χ4v) is 4.03. The Balaban J connectivity index is 1.46. The van der Waals surface area contributed by atoms with E-state index in [9.17, 15) is 9.90 Å². The second-order valence-electron chi connectivity index (χ2n) is 7.45. The van der Waals surface area contributed by atoms with Gasteiger partial charge in [0, 0.05) is 12.5 Å². The Morgan fingerprint density at radius 1 is 0.966 bits per heavy atom. The van der Waals surface area contributed by atoms with Crippen LogP contribution < -0.4 is 5.32 Å². The third-order valence-corrected chi connectivity index (χ3v) is 5.53. The van der Waals surface area contributed by atoms with Gasteiger partial charge in [0.05, 0.1) is 6.04 Å². The Morgan fingerprint density at radius 2 is 1.55 bits per heavy atom. The molecule has 0 heterocycles. The number of ether oxygens (including phenoxy) is 1. The molecule has 148 valence electrons. The Morgan fingerprint density at radius 3 is 2.14 bits per heavy atom. The lowest BCUT2D eigenvalue weighted by molar-refractivity contribution is 0.136. The molecule has 1 aliphatic carbocycles. The number of hydrogen-bond acceptors (Lipinski definition) is 3. The second-order valence-corrected chi connectivity index (χ2v) is 7.45. The number of carbonyl (C=O) groups excluding carboxylic acids is 1. The molecule has 0 spiro atoms. The topological polar surface area (TPSA) is 58.6 Å². The molecule has 0 fully saturated rings. The quantitative estimate of drug-likeness (QED) is 0.629. The summed E-state index contributed by atoms with van der Waals surface area (Å²) in [5.41, 5.74) is 6.89. The third kappa shape index (κ3) is 4.03. The van der Waals surface area contributed by atoms with Crippen LogP contribution in [0.1, 0.15) is 40.6 Å². The number of alkyl carbamates (subject to hydrolysis) is 1.